The molecular weight excluding hydrogens is 352 g/mol. The molecule has 0 N–H and O–H groups in total. The highest BCUT2D eigenvalue weighted by atomic mass is 16.6. The van der Waals surface area contributed by atoms with E-state index < -0.39 is 5.60 Å². The molecule has 2 fully saturated rings. The predicted octanol–water partition coefficient (Wildman–Crippen LogP) is 4.40. The van der Waals surface area contributed by atoms with Crippen molar-refractivity contribution >= 4 is 11.9 Å². The summed E-state index contributed by atoms with van der Waals surface area (Å²) in [7, 11) is 0. The first-order valence-corrected chi connectivity index (χ1v) is 10.3. The van der Waals surface area contributed by atoms with Crippen LogP contribution in [0.2, 0.25) is 0 Å². The Kier molecular flexibility index (Phi) is 4.53. The van der Waals surface area contributed by atoms with E-state index in [0.29, 0.717) is 23.5 Å². The standard InChI is InChI=1S/C24H28O4/c1-5-24(28-16(3)26)13-11-22-21-8-6-17-14-18(27-15(2)25)7-9-19(17)20(21)10-12-23(22,24)4/h1,7,9,14,20-22H,6,8,10-13H2,2-4H3/t20-,21+,22+,23+,24+/m1/s1. The van der Waals surface area contributed by atoms with Crippen molar-refractivity contribution in [2.24, 2.45) is 17.3 Å². The fourth-order valence-electron chi connectivity index (χ4n) is 6.47. The predicted molar refractivity (Wildman–Crippen MR) is 106 cm³/mol. The first-order valence-electron chi connectivity index (χ1n) is 10.3. The van der Waals surface area contributed by atoms with E-state index >= 15 is 0 Å². The Hall–Kier alpha value is -2.28. The normalized spacial score (nSPS) is 35.7. The van der Waals surface area contributed by atoms with Crippen LogP contribution in [-0.4, -0.2) is 17.5 Å². The summed E-state index contributed by atoms with van der Waals surface area (Å²) in [5.41, 5.74) is 1.75. The number of terminal acetylenes is 1. The van der Waals surface area contributed by atoms with Gasteiger partial charge in [-0.3, -0.25) is 9.59 Å². The molecule has 0 radical (unpaired) electrons. The van der Waals surface area contributed by atoms with Crippen LogP contribution in [0, 0.1) is 29.6 Å². The molecule has 1 aromatic carbocycles. The molecule has 4 heteroatoms. The molecule has 148 valence electrons. The number of rotatable bonds is 2. The summed E-state index contributed by atoms with van der Waals surface area (Å²) < 4.78 is 11.1. The van der Waals surface area contributed by atoms with Gasteiger partial charge in [-0.2, -0.15) is 0 Å². The molecule has 0 bridgehead atoms. The van der Waals surface area contributed by atoms with E-state index in [1.807, 2.05) is 12.1 Å². The molecule has 0 amide bonds. The molecule has 0 aliphatic heterocycles. The maximum Gasteiger partial charge on any atom is 0.308 e. The fourth-order valence-corrected chi connectivity index (χ4v) is 6.47. The summed E-state index contributed by atoms with van der Waals surface area (Å²) in [6.07, 6.45) is 11.8. The lowest BCUT2D eigenvalue weighted by Crippen LogP contribution is -2.52. The second kappa shape index (κ2) is 6.65. The van der Waals surface area contributed by atoms with E-state index in [1.54, 1.807) is 0 Å². The Morgan fingerprint density at radius 2 is 1.93 bits per heavy atom. The van der Waals surface area contributed by atoms with E-state index in [1.165, 1.54) is 25.0 Å². The molecule has 2 saturated carbocycles. The Morgan fingerprint density at radius 3 is 2.61 bits per heavy atom. The van der Waals surface area contributed by atoms with Gasteiger partial charge in [0.2, 0.25) is 0 Å². The molecule has 0 aromatic heterocycles. The third kappa shape index (κ3) is 2.75. The van der Waals surface area contributed by atoms with Crippen LogP contribution in [0.1, 0.15) is 69.9 Å². The minimum Gasteiger partial charge on any atom is -0.445 e. The zero-order valence-electron chi connectivity index (χ0n) is 16.9. The first-order chi connectivity index (χ1) is 13.3. The third-order valence-corrected chi connectivity index (χ3v) is 7.63. The first kappa shape index (κ1) is 19.1. The molecule has 28 heavy (non-hydrogen) atoms. The summed E-state index contributed by atoms with van der Waals surface area (Å²) >= 11 is 0. The van der Waals surface area contributed by atoms with Gasteiger partial charge in [0.15, 0.2) is 5.60 Å². The van der Waals surface area contributed by atoms with E-state index in [0.717, 1.165) is 38.5 Å². The number of aryl methyl sites for hydroxylation is 1. The summed E-state index contributed by atoms with van der Waals surface area (Å²) in [5, 5.41) is 0. The highest BCUT2D eigenvalue weighted by molar-refractivity contribution is 5.69. The topological polar surface area (TPSA) is 52.6 Å². The summed E-state index contributed by atoms with van der Waals surface area (Å²) in [6, 6.07) is 6.08. The van der Waals surface area contributed by atoms with Crippen LogP contribution in [-0.2, 0) is 20.7 Å². The quantitative estimate of drug-likeness (QED) is 0.433. The van der Waals surface area contributed by atoms with Crippen LogP contribution < -0.4 is 4.74 Å². The maximum atomic E-state index is 11.8. The van der Waals surface area contributed by atoms with E-state index in [2.05, 4.69) is 18.9 Å². The van der Waals surface area contributed by atoms with Crippen LogP contribution in [0.5, 0.6) is 5.75 Å². The maximum absolute atomic E-state index is 11.8. The van der Waals surface area contributed by atoms with Crippen molar-refractivity contribution in [1.29, 1.82) is 0 Å². The monoisotopic (exact) mass is 380 g/mol. The number of carbonyl (C=O) groups is 2. The molecule has 4 nitrogen and oxygen atoms in total. The Balaban J connectivity index is 1.64. The van der Waals surface area contributed by atoms with E-state index in [-0.39, 0.29) is 17.4 Å². The number of ether oxygens (including phenoxy) is 2. The number of benzene rings is 1. The van der Waals surface area contributed by atoms with Gasteiger partial charge in [0, 0.05) is 19.3 Å². The van der Waals surface area contributed by atoms with Gasteiger partial charge in [0.25, 0.3) is 0 Å². The lowest BCUT2D eigenvalue weighted by Gasteiger charge is -2.52. The molecule has 5 atom stereocenters. The van der Waals surface area contributed by atoms with Gasteiger partial charge in [0.1, 0.15) is 5.75 Å². The Morgan fingerprint density at radius 1 is 1.14 bits per heavy atom. The van der Waals surface area contributed by atoms with Crippen LogP contribution in [0.4, 0.5) is 0 Å². The average molecular weight is 380 g/mol. The van der Waals surface area contributed by atoms with Crippen LogP contribution in [0.3, 0.4) is 0 Å². The zero-order chi connectivity index (χ0) is 20.1. The fraction of sp³-hybridized carbons (Fsp3) is 0.583. The molecule has 0 unspecified atom stereocenters. The van der Waals surface area contributed by atoms with Crippen molar-refractivity contribution in [2.45, 2.75) is 70.8 Å². The summed E-state index contributed by atoms with van der Waals surface area (Å²) in [4.78, 5) is 23.0. The van der Waals surface area contributed by atoms with Gasteiger partial charge in [-0.05, 0) is 79.5 Å². The van der Waals surface area contributed by atoms with Gasteiger partial charge >= 0.3 is 11.9 Å². The average Bonchev–Trinajstić information content (AvgIpc) is 2.93. The third-order valence-electron chi connectivity index (χ3n) is 7.63. The lowest BCUT2D eigenvalue weighted by atomic mass is 9.53. The molecule has 3 aliphatic rings. The number of hydrogen-bond acceptors (Lipinski definition) is 4. The molecule has 1 aromatic rings. The number of carbonyl (C=O) groups excluding carboxylic acids is 2. The summed E-state index contributed by atoms with van der Waals surface area (Å²) in [5.74, 6) is 4.47. The highest BCUT2D eigenvalue weighted by Gasteiger charge is 2.63. The number of hydrogen-bond donors (Lipinski definition) is 0. The number of fused-ring (bicyclic) bond motifs is 5. The van der Waals surface area contributed by atoms with Gasteiger partial charge in [-0.1, -0.05) is 18.9 Å². The van der Waals surface area contributed by atoms with Gasteiger partial charge in [-0.15, -0.1) is 6.42 Å². The Bertz CT molecular complexity index is 866. The number of esters is 2. The second-order valence-corrected chi connectivity index (χ2v) is 8.93. The van der Waals surface area contributed by atoms with Crippen molar-refractivity contribution < 1.29 is 19.1 Å². The SMILES string of the molecule is C#C[C@]1(OC(C)=O)CC[C@H]2[C@H]3CCc4cc(OC(C)=O)ccc4[C@H]3CC[C@@]21C. The minimum atomic E-state index is -0.770. The minimum absolute atomic E-state index is 0.163. The Labute approximate surface area is 167 Å². The van der Waals surface area contributed by atoms with Gasteiger partial charge < -0.3 is 9.47 Å². The van der Waals surface area contributed by atoms with Crippen molar-refractivity contribution in [3.8, 4) is 18.1 Å². The van der Waals surface area contributed by atoms with E-state index in [9.17, 15) is 9.59 Å². The van der Waals surface area contributed by atoms with Gasteiger partial charge in [-0.25, -0.2) is 0 Å². The molecular formula is C24H28O4. The molecule has 0 saturated heterocycles. The van der Waals surface area contributed by atoms with Crippen LogP contribution >= 0.6 is 0 Å². The zero-order valence-corrected chi connectivity index (χ0v) is 16.9. The van der Waals surface area contributed by atoms with Crippen molar-refractivity contribution in [3.63, 3.8) is 0 Å². The molecule has 3 aliphatic carbocycles. The molecule has 0 heterocycles. The molecule has 4 rings (SSSR count). The van der Waals surface area contributed by atoms with Crippen molar-refractivity contribution in [3.05, 3.63) is 29.3 Å². The van der Waals surface area contributed by atoms with Crippen molar-refractivity contribution in [2.75, 3.05) is 0 Å². The largest absolute Gasteiger partial charge is 0.445 e. The summed E-state index contributed by atoms with van der Waals surface area (Å²) in [6.45, 7) is 5.13. The van der Waals surface area contributed by atoms with Gasteiger partial charge in [0.05, 0.1) is 0 Å². The molecule has 0 spiro atoms. The second-order valence-electron chi connectivity index (χ2n) is 8.93. The van der Waals surface area contributed by atoms with Crippen LogP contribution in [0.15, 0.2) is 18.2 Å². The highest BCUT2D eigenvalue weighted by Crippen LogP contribution is 2.65. The van der Waals surface area contributed by atoms with Crippen molar-refractivity contribution in [1.82, 2.24) is 0 Å². The smallest absolute Gasteiger partial charge is 0.308 e. The van der Waals surface area contributed by atoms with E-state index in [4.69, 9.17) is 15.9 Å². The lowest BCUT2D eigenvalue weighted by molar-refractivity contribution is -0.165. The van der Waals surface area contributed by atoms with Crippen LogP contribution in [0.25, 0.3) is 0 Å².